The second-order valence-electron chi connectivity index (χ2n) is 10.1. The van der Waals surface area contributed by atoms with Gasteiger partial charge in [-0.15, -0.1) is 0 Å². The van der Waals surface area contributed by atoms with Gasteiger partial charge < -0.3 is 20.9 Å². The average molecular weight is 561 g/mol. The Labute approximate surface area is 235 Å². The van der Waals surface area contributed by atoms with E-state index in [1.165, 1.54) is 41.2 Å². The van der Waals surface area contributed by atoms with Crippen molar-refractivity contribution in [3.63, 3.8) is 0 Å². The number of amides is 3. The van der Waals surface area contributed by atoms with E-state index in [0.29, 0.717) is 23.4 Å². The maximum Gasteiger partial charge on any atom is 0.336 e. The van der Waals surface area contributed by atoms with Gasteiger partial charge in [0.25, 0.3) is 5.91 Å². The first-order valence-corrected chi connectivity index (χ1v) is 12.6. The molecule has 212 valence electrons. The first-order valence-electron chi connectivity index (χ1n) is 12.6. The van der Waals surface area contributed by atoms with Crippen LogP contribution in [-0.4, -0.2) is 37.8 Å². The molecule has 41 heavy (non-hydrogen) atoms. The Morgan fingerprint density at radius 1 is 1.05 bits per heavy atom. The maximum atomic E-state index is 14.9. The molecular weight excluding hydrogens is 531 g/mol. The minimum absolute atomic E-state index is 0.00691. The molecule has 0 fully saturated rings. The van der Waals surface area contributed by atoms with Crippen LogP contribution in [0.25, 0.3) is 5.69 Å². The molecular formula is C29H29FN6O5. The van der Waals surface area contributed by atoms with Crippen molar-refractivity contribution in [1.82, 2.24) is 14.8 Å². The zero-order valence-corrected chi connectivity index (χ0v) is 22.9. The Balaban J connectivity index is 1.59. The van der Waals surface area contributed by atoms with Crippen molar-refractivity contribution in [1.29, 1.82) is 0 Å². The smallest absolute Gasteiger partial charge is 0.336 e. The number of carboxylic acid groups (broad SMARTS) is 1. The van der Waals surface area contributed by atoms with Gasteiger partial charge in [-0.05, 0) is 42.3 Å². The maximum absolute atomic E-state index is 14.9. The summed E-state index contributed by atoms with van der Waals surface area (Å²) in [5, 5.41) is 19.5. The number of aromatic nitrogens is 3. The summed E-state index contributed by atoms with van der Waals surface area (Å²) < 4.78 is 22.0. The van der Waals surface area contributed by atoms with Crippen LogP contribution in [0.15, 0.2) is 60.8 Å². The van der Waals surface area contributed by atoms with Gasteiger partial charge in [0.05, 0.1) is 22.6 Å². The van der Waals surface area contributed by atoms with Crippen LogP contribution < -0.4 is 21.1 Å². The standard InChI is InChI=1S/C29H29FN6O5/c1-5-18-19(27(38)39)7-6-8-23(18)36-25(15-24(35-36)29(2,3)4)34-28(40)33-21-10-9-16(13-20(21)30)41-17-11-12-32-22(14-17)26(31)37/h6-15H,5H2,1-4H3,(H2,31,37)(H,38,39)(H2,33,34,40). The third-order valence-corrected chi connectivity index (χ3v) is 6.09. The summed E-state index contributed by atoms with van der Waals surface area (Å²) in [6.45, 7) is 7.70. The summed E-state index contributed by atoms with van der Waals surface area (Å²) in [4.78, 5) is 40.0. The van der Waals surface area contributed by atoms with Crippen molar-refractivity contribution in [2.45, 2.75) is 39.5 Å². The molecule has 0 spiro atoms. The van der Waals surface area contributed by atoms with E-state index in [-0.39, 0.29) is 39.7 Å². The van der Waals surface area contributed by atoms with E-state index in [4.69, 9.17) is 10.5 Å². The van der Waals surface area contributed by atoms with Gasteiger partial charge in [-0.1, -0.05) is 33.8 Å². The van der Waals surface area contributed by atoms with Crippen LogP contribution in [0.3, 0.4) is 0 Å². The monoisotopic (exact) mass is 560 g/mol. The molecule has 2 heterocycles. The highest BCUT2D eigenvalue weighted by Crippen LogP contribution is 2.30. The average Bonchev–Trinajstić information content (AvgIpc) is 3.34. The third kappa shape index (κ3) is 6.49. The Hall–Kier alpha value is -5.26. The number of benzene rings is 2. The van der Waals surface area contributed by atoms with Crippen LogP contribution in [0, 0.1) is 5.82 Å². The van der Waals surface area contributed by atoms with Gasteiger partial charge in [0, 0.05) is 29.8 Å². The van der Waals surface area contributed by atoms with Gasteiger partial charge in [-0.2, -0.15) is 5.10 Å². The van der Waals surface area contributed by atoms with Crippen molar-refractivity contribution in [2.24, 2.45) is 5.73 Å². The zero-order valence-electron chi connectivity index (χ0n) is 22.9. The fraction of sp³-hybridized carbons (Fsp3) is 0.207. The van der Waals surface area contributed by atoms with Crippen molar-refractivity contribution in [3.05, 3.63) is 89.1 Å². The first-order chi connectivity index (χ1) is 19.4. The topological polar surface area (TPSA) is 161 Å². The predicted molar refractivity (Wildman–Crippen MR) is 150 cm³/mol. The van der Waals surface area contributed by atoms with Crippen LogP contribution in [-0.2, 0) is 11.8 Å². The van der Waals surface area contributed by atoms with Crippen LogP contribution in [0.1, 0.15) is 59.8 Å². The van der Waals surface area contributed by atoms with Crippen molar-refractivity contribution < 1.29 is 28.6 Å². The molecule has 0 radical (unpaired) electrons. The van der Waals surface area contributed by atoms with E-state index in [1.54, 1.807) is 18.2 Å². The van der Waals surface area contributed by atoms with E-state index >= 15 is 0 Å². The number of hydrogen-bond donors (Lipinski definition) is 4. The molecule has 3 amide bonds. The minimum atomic E-state index is -1.07. The Morgan fingerprint density at radius 2 is 1.78 bits per heavy atom. The number of nitrogens with zero attached hydrogens (tertiary/aromatic N) is 3. The highest BCUT2D eigenvalue weighted by atomic mass is 19.1. The lowest BCUT2D eigenvalue weighted by atomic mass is 9.92. The second kappa shape index (κ2) is 11.5. The summed E-state index contributed by atoms with van der Waals surface area (Å²) in [6, 6.07) is 12.4. The number of hydrogen-bond acceptors (Lipinski definition) is 6. The Bertz CT molecular complexity index is 1640. The number of pyridine rings is 1. The van der Waals surface area contributed by atoms with E-state index in [0.717, 1.165) is 6.07 Å². The van der Waals surface area contributed by atoms with Gasteiger partial charge >= 0.3 is 12.0 Å². The third-order valence-electron chi connectivity index (χ3n) is 6.09. The number of halogens is 1. The molecule has 0 aliphatic heterocycles. The Morgan fingerprint density at radius 3 is 2.41 bits per heavy atom. The molecule has 4 aromatic rings. The molecule has 12 heteroatoms. The molecule has 11 nitrogen and oxygen atoms in total. The van der Waals surface area contributed by atoms with Crippen molar-refractivity contribution in [3.8, 4) is 17.2 Å². The number of carbonyl (C=O) groups excluding carboxylic acids is 2. The zero-order chi connectivity index (χ0) is 29.9. The summed E-state index contributed by atoms with van der Waals surface area (Å²) in [5.41, 5.74) is 6.55. The molecule has 0 aliphatic rings. The van der Waals surface area contributed by atoms with Crippen LogP contribution in [0.5, 0.6) is 11.5 Å². The summed E-state index contributed by atoms with van der Waals surface area (Å²) >= 11 is 0. The van der Waals surface area contributed by atoms with Gasteiger partial charge in [0.15, 0.2) is 0 Å². The minimum Gasteiger partial charge on any atom is -0.478 e. The number of nitrogens with two attached hydrogens (primary N) is 1. The molecule has 0 bridgehead atoms. The van der Waals surface area contributed by atoms with E-state index in [2.05, 4.69) is 20.7 Å². The van der Waals surface area contributed by atoms with Gasteiger partial charge in [0.1, 0.15) is 28.8 Å². The SMILES string of the molecule is CCc1c(C(=O)O)cccc1-n1nc(C(C)(C)C)cc1NC(=O)Nc1ccc(Oc2ccnc(C(N)=O)c2)cc1F. The van der Waals surface area contributed by atoms with E-state index in [9.17, 15) is 23.9 Å². The first kappa shape index (κ1) is 28.7. The second-order valence-corrected chi connectivity index (χ2v) is 10.1. The lowest BCUT2D eigenvalue weighted by Crippen LogP contribution is -2.22. The van der Waals surface area contributed by atoms with Crippen LogP contribution in [0.2, 0.25) is 0 Å². The quantitative estimate of drug-likeness (QED) is 0.221. The van der Waals surface area contributed by atoms with Gasteiger partial charge in [0.2, 0.25) is 0 Å². The van der Waals surface area contributed by atoms with Crippen LogP contribution >= 0.6 is 0 Å². The number of anilines is 2. The number of urea groups is 1. The number of nitrogens with one attached hydrogen (secondary N) is 2. The highest BCUT2D eigenvalue weighted by molar-refractivity contribution is 5.99. The van der Waals surface area contributed by atoms with Crippen molar-refractivity contribution >= 4 is 29.4 Å². The number of primary amides is 1. The molecule has 4 rings (SSSR count). The molecule has 2 aromatic heterocycles. The molecule has 5 N–H and O–H groups in total. The van der Waals surface area contributed by atoms with Gasteiger partial charge in [-0.3, -0.25) is 15.1 Å². The molecule has 2 aromatic carbocycles. The Kier molecular flexibility index (Phi) is 8.03. The summed E-state index contributed by atoms with van der Waals surface area (Å²) in [7, 11) is 0. The fourth-order valence-corrected chi connectivity index (χ4v) is 4.04. The molecule has 0 saturated carbocycles. The number of rotatable bonds is 8. The predicted octanol–water partition coefficient (Wildman–Crippen LogP) is 5.50. The number of aromatic carboxylic acids is 1. The lowest BCUT2D eigenvalue weighted by molar-refractivity contribution is 0.0695. The van der Waals surface area contributed by atoms with Gasteiger partial charge in [-0.25, -0.2) is 18.7 Å². The number of ether oxygens (including phenoxy) is 1. The van der Waals surface area contributed by atoms with Crippen molar-refractivity contribution in [2.75, 3.05) is 10.6 Å². The summed E-state index contributed by atoms with van der Waals surface area (Å²) in [6.07, 6.45) is 1.75. The number of carboxylic acids is 1. The highest BCUT2D eigenvalue weighted by Gasteiger charge is 2.24. The fourth-order valence-electron chi connectivity index (χ4n) is 4.04. The number of carbonyl (C=O) groups is 3. The lowest BCUT2D eigenvalue weighted by Gasteiger charge is -2.16. The molecule has 0 atom stereocenters. The molecule has 0 aliphatic carbocycles. The molecule has 0 saturated heterocycles. The van der Waals surface area contributed by atoms with Crippen LogP contribution in [0.4, 0.5) is 20.7 Å². The normalized spacial score (nSPS) is 11.1. The van der Waals surface area contributed by atoms with E-state index < -0.39 is 23.7 Å². The largest absolute Gasteiger partial charge is 0.478 e. The van der Waals surface area contributed by atoms with E-state index in [1.807, 2.05) is 27.7 Å². The molecule has 0 unspecified atom stereocenters. The summed E-state index contributed by atoms with van der Waals surface area (Å²) in [5.74, 6) is -1.95.